The molecule has 10 rings (SSSR count). The van der Waals surface area contributed by atoms with Crippen molar-refractivity contribution in [2.24, 2.45) is 0 Å². The Morgan fingerprint density at radius 1 is 0.133 bits per heavy atom. The molecule has 0 aliphatic carbocycles. The smallest absolute Gasteiger partial charge is 0.160 e. The normalized spacial score (nSPS) is 8.00. The minimum atomic E-state index is 1.28. The highest BCUT2D eigenvalue weighted by molar-refractivity contribution is 4.88. The molecular formula is C32H32N28. The van der Waals surface area contributed by atoms with Crippen molar-refractivity contribution in [1.29, 1.82) is 0 Å². The molecule has 0 N–H and O–H groups in total. The van der Waals surface area contributed by atoms with Crippen molar-refractivity contribution in [3.05, 3.63) is 199 Å². The summed E-state index contributed by atoms with van der Waals surface area (Å²) in [5.74, 6) is 0. The molecule has 0 aromatic carbocycles. The van der Waals surface area contributed by atoms with Crippen LogP contribution >= 0.6 is 0 Å². The Balaban J connectivity index is 0.000000333. The van der Waals surface area contributed by atoms with Crippen LogP contribution in [-0.4, -0.2) is 142 Å². The third kappa shape index (κ3) is 42.7. The molecule has 10 aromatic heterocycles. The Labute approximate surface area is 340 Å². The van der Waals surface area contributed by atoms with Crippen molar-refractivity contribution < 1.29 is 0 Å². The van der Waals surface area contributed by atoms with E-state index in [0.717, 1.165) is 0 Å². The summed E-state index contributed by atoms with van der Waals surface area (Å²) >= 11 is 0. The Hall–Kier alpha value is -9.76. The van der Waals surface area contributed by atoms with Gasteiger partial charge in [-0.05, 0) is 57.3 Å². The molecule has 0 amide bonds. The van der Waals surface area contributed by atoms with Gasteiger partial charge in [-0.25, -0.2) is 34.9 Å². The molecule has 28 heteroatoms. The van der Waals surface area contributed by atoms with Crippen LogP contribution in [0.15, 0.2) is 199 Å². The molecule has 28 nitrogen and oxygen atoms in total. The summed E-state index contributed by atoms with van der Waals surface area (Å²) in [7, 11) is 0. The van der Waals surface area contributed by atoms with Gasteiger partial charge in [-0.2, -0.15) is 15.3 Å². The third-order valence-corrected chi connectivity index (χ3v) is 4.24. The van der Waals surface area contributed by atoms with Crippen molar-refractivity contribution in [3.8, 4) is 0 Å². The zero-order valence-electron chi connectivity index (χ0n) is 31.0. The average Bonchev–Trinajstić information content (AvgIpc) is 3.41. The quantitative estimate of drug-likeness (QED) is 0.193. The van der Waals surface area contributed by atoms with Gasteiger partial charge in [-0.3, -0.25) is 15.0 Å². The molecule has 300 valence electrons. The molecule has 0 spiro atoms. The predicted molar refractivity (Wildman–Crippen MR) is 203 cm³/mol. The van der Waals surface area contributed by atoms with Crippen LogP contribution in [0.4, 0.5) is 0 Å². The van der Waals surface area contributed by atoms with E-state index >= 15 is 0 Å². The van der Waals surface area contributed by atoms with E-state index in [1.165, 1.54) is 75.5 Å². The number of hydrogen-bond acceptors (Lipinski definition) is 28. The monoisotopic (exact) mass is 808 g/mol. The van der Waals surface area contributed by atoms with Crippen LogP contribution in [-0.2, 0) is 0 Å². The number of aromatic nitrogens is 28. The van der Waals surface area contributed by atoms with Crippen molar-refractivity contribution in [3.63, 3.8) is 0 Å². The Bertz CT molecular complexity index is 1300. The predicted octanol–water partition coefficient (Wildman–Crippen LogP) is -0.0740. The van der Waals surface area contributed by atoms with Gasteiger partial charge in [0.1, 0.15) is 44.3 Å². The van der Waals surface area contributed by atoms with Crippen LogP contribution < -0.4 is 0 Å². The molecule has 0 saturated heterocycles. The third-order valence-electron chi connectivity index (χ3n) is 4.24. The summed E-state index contributed by atoms with van der Waals surface area (Å²) in [5, 5.41) is 60.5. The lowest BCUT2D eigenvalue weighted by Gasteiger charge is -1.70. The Morgan fingerprint density at radius 2 is 0.450 bits per heavy atom. The number of pyridine rings is 1. The van der Waals surface area contributed by atoms with E-state index in [1.54, 1.807) is 92.7 Å². The zero-order chi connectivity index (χ0) is 42.4. The van der Waals surface area contributed by atoms with E-state index in [-0.39, 0.29) is 0 Å². The Kier molecular flexibility index (Phi) is 36.5. The molecule has 10 heterocycles. The fourth-order valence-corrected chi connectivity index (χ4v) is 2.18. The minimum Gasteiger partial charge on any atom is -0.265 e. The maximum absolute atomic E-state index is 3.78. The van der Waals surface area contributed by atoms with Crippen molar-refractivity contribution in [2.45, 2.75) is 0 Å². The lowest BCUT2D eigenvalue weighted by Crippen LogP contribution is -1.84. The van der Waals surface area contributed by atoms with Gasteiger partial charge in [0.15, 0.2) is 12.7 Å². The number of nitrogens with zero attached hydrogens (tertiary/aromatic N) is 28. The fourth-order valence-electron chi connectivity index (χ4n) is 2.18. The summed E-state index contributed by atoms with van der Waals surface area (Å²) in [6.45, 7) is 0. The first-order valence-corrected chi connectivity index (χ1v) is 16.0. The van der Waals surface area contributed by atoms with Crippen LogP contribution in [0.3, 0.4) is 0 Å². The topological polar surface area (TPSA) is 361 Å². The van der Waals surface area contributed by atoms with Crippen LogP contribution in [0.2, 0.25) is 0 Å². The Morgan fingerprint density at radius 3 is 0.617 bits per heavy atom. The summed E-state index contributed by atoms with van der Waals surface area (Å²) < 4.78 is 0. The second-order valence-corrected chi connectivity index (χ2v) is 8.24. The second kappa shape index (κ2) is 45.4. The molecule has 0 atom stereocenters. The van der Waals surface area contributed by atoms with Crippen molar-refractivity contribution >= 4 is 0 Å². The highest BCUT2D eigenvalue weighted by atomic mass is 15.4. The summed E-state index contributed by atoms with van der Waals surface area (Å²) in [6.07, 6.45) is 38.3. The molecular weight excluding hydrogens is 777 g/mol. The van der Waals surface area contributed by atoms with Crippen molar-refractivity contribution in [1.82, 2.24) is 142 Å². The fraction of sp³-hybridized carbons (Fsp3) is 0. The van der Waals surface area contributed by atoms with Gasteiger partial charge in [0.05, 0.1) is 31.0 Å². The van der Waals surface area contributed by atoms with E-state index in [9.17, 15) is 0 Å². The molecule has 0 radical (unpaired) electrons. The lowest BCUT2D eigenvalue weighted by atomic mass is 10.5. The summed E-state index contributed by atoms with van der Waals surface area (Å²) in [4.78, 5) is 36.4. The van der Waals surface area contributed by atoms with Gasteiger partial charge < -0.3 is 0 Å². The maximum atomic E-state index is 3.78. The SMILES string of the molecule is c1ccncc1.c1ccnnc1.c1cnccn1.c1cncnc1.c1cnncn1.c1cnnnc1.c1cnnnn1.c1ncncn1.c1ncnnn1.c1nncnn1. The largest absolute Gasteiger partial charge is 0.265 e. The molecule has 0 saturated carbocycles. The van der Waals surface area contributed by atoms with Gasteiger partial charge in [0, 0.05) is 68.2 Å². The second-order valence-electron chi connectivity index (χ2n) is 8.24. The average molecular weight is 809 g/mol. The van der Waals surface area contributed by atoms with Gasteiger partial charge in [0.2, 0.25) is 0 Å². The van der Waals surface area contributed by atoms with E-state index in [4.69, 9.17) is 0 Å². The van der Waals surface area contributed by atoms with Gasteiger partial charge in [-0.15, -0.1) is 56.1 Å². The summed E-state index contributed by atoms with van der Waals surface area (Å²) in [6, 6.07) is 12.9. The standard InChI is InChI=1S/C5H5N.3C4H4N2.3C3H3N3.3C2H2N4/c1-2-4-6-5-3-1;1-2-6-4-3-5-1;1-2-5-4-6-3-1;1-2-4-6-5-3-1;1-4-2-6-3-5-1;1-2-5-6-3-4-1;1-2-4-6-5-3-1;1-3-5-2-6-4-1;1-3-2-5-6-4-1;1-2-4-6-5-3-1/h1-5H;3*1-4H;3*1-3H;3*1-2H. The first-order chi connectivity index (χ1) is 30.0. The molecule has 0 fully saturated rings. The van der Waals surface area contributed by atoms with Gasteiger partial charge in [0.25, 0.3) is 0 Å². The van der Waals surface area contributed by atoms with Crippen LogP contribution in [0.5, 0.6) is 0 Å². The zero-order valence-corrected chi connectivity index (χ0v) is 31.0. The van der Waals surface area contributed by atoms with Crippen LogP contribution in [0, 0.1) is 0 Å². The molecule has 0 aliphatic heterocycles. The molecule has 10 aromatic rings. The van der Waals surface area contributed by atoms with Crippen molar-refractivity contribution in [2.75, 3.05) is 0 Å². The van der Waals surface area contributed by atoms with E-state index < -0.39 is 0 Å². The first-order valence-electron chi connectivity index (χ1n) is 16.0. The highest BCUT2D eigenvalue weighted by Gasteiger charge is 1.65. The first kappa shape index (κ1) is 48.3. The van der Waals surface area contributed by atoms with Gasteiger partial charge in [-0.1, -0.05) is 6.07 Å². The van der Waals surface area contributed by atoms with Crippen LogP contribution in [0.25, 0.3) is 0 Å². The van der Waals surface area contributed by atoms with E-state index in [2.05, 4.69) is 142 Å². The lowest BCUT2D eigenvalue weighted by molar-refractivity contribution is 0.761. The maximum Gasteiger partial charge on any atom is 0.160 e. The molecule has 0 aliphatic rings. The molecule has 60 heavy (non-hydrogen) atoms. The van der Waals surface area contributed by atoms with Crippen LogP contribution in [0.1, 0.15) is 0 Å². The summed E-state index contributed by atoms with van der Waals surface area (Å²) in [5.41, 5.74) is 0. The van der Waals surface area contributed by atoms with E-state index in [0.29, 0.717) is 0 Å². The minimum absolute atomic E-state index is 1.28. The van der Waals surface area contributed by atoms with Gasteiger partial charge >= 0.3 is 0 Å². The molecule has 0 bridgehead atoms. The van der Waals surface area contributed by atoms with E-state index in [1.807, 2.05) is 30.3 Å². The number of rotatable bonds is 0. The molecule has 0 unspecified atom stereocenters. The highest BCUT2D eigenvalue weighted by Crippen LogP contribution is 1.74. The number of hydrogen-bond donors (Lipinski definition) is 0.